The van der Waals surface area contributed by atoms with Gasteiger partial charge in [0.1, 0.15) is 0 Å². The number of thiazole rings is 1. The van der Waals surface area contributed by atoms with E-state index in [-0.39, 0.29) is 5.91 Å². The molecular weight excluding hydrogens is 352 g/mol. The maximum atomic E-state index is 12.6. The molecule has 0 aliphatic carbocycles. The van der Waals surface area contributed by atoms with E-state index in [2.05, 4.69) is 10.1 Å². The lowest BCUT2D eigenvalue weighted by atomic mass is 10.3. The molecule has 1 amide bonds. The van der Waals surface area contributed by atoms with Gasteiger partial charge in [0, 0.05) is 30.9 Å². The van der Waals surface area contributed by atoms with Gasteiger partial charge in [-0.3, -0.25) is 9.48 Å². The number of benzene rings is 1. The fourth-order valence-electron chi connectivity index (χ4n) is 2.87. The number of aryl methyl sites for hydroxylation is 3. The zero-order chi connectivity index (χ0) is 18.8. The summed E-state index contributed by atoms with van der Waals surface area (Å²) in [6.07, 6.45) is 0. The van der Waals surface area contributed by atoms with Crippen LogP contribution in [0.2, 0.25) is 0 Å². The number of carbonyl (C=O) groups is 1. The van der Waals surface area contributed by atoms with Gasteiger partial charge in [-0.2, -0.15) is 10.1 Å². The van der Waals surface area contributed by atoms with Crippen molar-refractivity contribution < 1.29 is 14.3 Å². The Balaban J connectivity index is 2.13. The van der Waals surface area contributed by atoms with Crippen molar-refractivity contribution in [2.24, 2.45) is 4.99 Å². The highest BCUT2D eigenvalue weighted by Crippen LogP contribution is 2.33. The van der Waals surface area contributed by atoms with Gasteiger partial charge in [0.15, 0.2) is 22.0 Å². The van der Waals surface area contributed by atoms with Gasteiger partial charge in [0.25, 0.3) is 5.91 Å². The number of amides is 1. The third kappa shape index (κ3) is 3.12. The Morgan fingerprint density at radius 2 is 1.85 bits per heavy atom. The van der Waals surface area contributed by atoms with Crippen LogP contribution in [0.5, 0.6) is 11.5 Å². The van der Waals surface area contributed by atoms with Crippen molar-refractivity contribution in [3.63, 3.8) is 0 Å². The van der Waals surface area contributed by atoms with Crippen molar-refractivity contribution in [3.8, 4) is 11.5 Å². The number of methoxy groups -OCH3 is 2. The first kappa shape index (κ1) is 18.2. The van der Waals surface area contributed by atoms with E-state index in [1.807, 2.05) is 37.5 Å². The van der Waals surface area contributed by atoms with E-state index in [1.165, 1.54) is 11.3 Å². The molecule has 7 nitrogen and oxygen atoms in total. The third-order valence-electron chi connectivity index (χ3n) is 4.20. The molecule has 3 rings (SSSR count). The summed E-state index contributed by atoms with van der Waals surface area (Å²) in [6.45, 7) is 7.34. The van der Waals surface area contributed by atoms with E-state index in [9.17, 15) is 4.79 Å². The maximum absolute atomic E-state index is 12.6. The van der Waals surface area contributed by atoms with E-state index in [1.54, 1.807) is 25.0 Å². The number of ether oxygens (including phenoxy) is 2. The summed E-state index contributed by atoms with van der Waals surface area (Å²) in [5, 5.41) is 4.32. The average Bonchev–Trinajstić information content (AvgIpc) is 3.19. The summed E-state index contributed by atoms with van der Waals surface area (Å²) in [5.41, 5.74) is 2.26. The number of carbonyl (C=O) groups excluding carboxylic acids is 1. The van der Waals surface area contributed by atoms with Gasteiger partial charge in [-0.1, -0.05) is 11.3 Å². The molecule has 0 N–H and O–H groups in total. The molecule has 0 radical (unpaired) electrons. The zero-order valence-corrected chi connectivity index (χ0v) is 16.4. The van der Waals surface area contributed by atoms with Crippen LogP contribution in [0.15, 0.2) is 23.2 Å². The molecule has 0 atom stereocenters. The summed E-state index contributed by atoms with van der Waals surface area (Å²) < 4.78 is 15.5. The first-order valence-electron chi connectivity index (χ1n) is 8.41. The highest BCUT2D eigenvalue weighted by molar-refractivity contribution is 7.16. The Kier molecular flexibility index (Phi) is 5.13. The predicted octanol–water partition coefficient (Wildman–Crippen LogP) is 3.01. The zero-order valence-electron chi connectivity index (χ0n) is 15.6. The fraction of sp³-hybridized carbons (Fsp3) is 0.389. The van der Waals surface area contributed by atoms with Crippen LogP contribution in [-0.4, -0.2) is 34.5 Å². The lowest BCUT2D eigenvalue weighted by molar-refractivity contribution is 0.0992. The smallest absolute Gasteiger partial charge is 0.300 e. The third-order valence-corrected chi connectivity index (χ3v) is 5.24. The second kappa shape index (κ2) is 7.33. The molecule has 2 heterocycles. The second-order valence-corrected chi connectivity index (χ2v) is 6.72. The predicted molar refractivity (Wildman–Crippen MR) is 101 cm³/mol. The van der Waals surface area contributed by atoms with E-state index >= 15 is 0 Å². The number of aromatic nitrogens is 3. The molecule has 0 saturated heterocycles. The van der Waals surface area contributed by atoms with Gasteiger partial charge in [-0.15, -0.1) is 0 Å². The number of rotatable bonds is 5. The van der Waals surface area contributed by atoms with Gasteiger partial charge in [0.05, 0.1) is 24.4 Å². The minimum atomic E-state index is -0.340. The molecule has 138 valence electrons. The van der Waals surface area contributed by atoms with Gasteiger partial charge >= 0.3 is 0 Å². The van der Waals surface area contributed by atoms with Crippen molar-refractivity contribution in [1.29, 1.82) is 0 Å². The molecule has 0 unspecified atom stereocenters. The van der Waals surface area contributed by atoms with E-state index in [0.717, 1.165) is 22.5 Å². The van der Waals surface area contributed by atoms with Gasteiger partial charge in [0.2, 0.25) is 0 Å². The van der Waals surface area contributed by atoms with Gasteiger partial charge < -0.3 is 14.0 Å². The Hall–Kier alpha value is -2.61. The molecular formula is C18H22N4O3S. The minimum absolute atomic E-state index is 0.340. The molecule has 1 aromatic carbocycles. The van der Waals surface area contributed by atoms with Crippen LogP contribution in [0.1, 0.15) is 30.0 Å². The highest BCUT2D eigenvalue weighted by Gasteiger charge is 2.15. The average molecular weight is 374 g/mol. The van der Waals surface area contributed by atoms with Crippen LogP contribution < -0.4 is 14.3 Å². The SMILES string of the molecule is CCn1nc(C(=O)N=c2sc3cc(OC)c(OC)cc3n2CC)cc1C. The van der Waals surface area contributed by atoms with Crippen molar-refractivity contribution in [1.82, 2.24) is 14.3 Å². The first-order chi connectivity index (χ1) is 12.5. The molecule has 0 fully saturated rings. The largest absolute Gasteiger partial charge is 0.493 e. The number of fused-ring (bicyclic) bond motifs is 1. The molecule has 0 aliphatic heterocycles. The van der Waals surface area contributed by atoms with E-state index < -0.39 is 0 Å². The molecule has 3 aromatic rings. The van der Waals surface area contributed by atoms with Crippen molar-refractivity contribution >= 4 is 27.5 Å². The van der Waals surface area contributed by atoms with Crippen LogP contribution >= 0.6 is 11.3 Å². The molecule has 0 aliphatic rings. The summed E-state index contributed by atoms with van der Waals surface area (Å²) in [5.74, 6) is 0.961. The first-order valence-corrected chi connectivity index (χ1v) is 9.22. The lowest BCUT2D eigenvalue weighted by Gasteiger charge is -2.08. The summed E-state index contributed by atoms with van der Waals surface area (Å²) in [6, 6.07) is 5.59. The standard InChI is InChI=1S/C18H22N4O3S/c1-6-21-13-9-14(24-4)15(25-5)10-16(13)26-18(21)19-17(23)12-8-11(3)22(7-2)20-12/h8-10H,6-7H2,1-5H3. The molecule has 8 heteroatoms. The fourth-order valence-corrected chi connectivity index (χ4v) is 3.97. The quantitative estimate of drug-likeness (QED) is 0.688. The van der Waals surface area contributed by atoms with Crippen LogP contribution in [-0.2, 0) is 13.1 Å². The Morgan fingerprint density at radius 1 is 1.15 bits per heavy atom. The van der Waals surface area contributed by atoms with Crippen LogP contribution in [0, 0.1) is 6.92 Å². The normalized spacial score (nSPS) is 12.0. The second-order valence-electron chi connectivity index (χ2n) is 5.71. The van der Waals surface area contributed by atoms with Gasteiger partial charge in [-0.25, -0.2) is 0 Å². The number of nitrogens with zero attached hydrogens (tertiary/aromatic N) is 4. The number of hydrogen-bond acceptors (Lipinski definition) is 5. The topological polar surface area (TPSA) is 70.6 Å². The minimum Gasteiger partial charge on any atom is -0.493 e. The van der Waals surface area contributed by atoms with E-state index in [4.69, 9.17) is 9.47 Å². The summed E-state index contributed by atoms with van der Waals surface area (Å²) in [7, 11) is 3.21. The highest BCUT2D eigenvalue weighted by atomic mass is 32.1. The van der Waals surface area contributed by atoms with Crippen LogP contribution in [0.4, 0.5) is 0 Å². The van der Waals surface area contributed by atoms with Crippen LogP contribution in [0.3, 0.4) is 0 Å². The molecule has 2 aromatic heterocycles. The summed E-state index contributed by atoms with van der Waals surface area (Å²) >= 11 is 1.44. The Bertz CT molecular complexity index is 1030. The van der Waals surface area contributed by atoms with Crippen molar-refractivity contribution in [2.75, 3.05) is 14.2 Å². The van der Waals surface area contributed by atoms with Crippen molar-refractivity contribution in [3.05, 3.63) is 34.4 Å². The maximum Gasteiger partial charge on any atom is 0.300 e. The Labute approximate surface area is 155 Å². The summed E-state index contributed by atoms with van der Waals surface area (Å²) in [4.78, 5) is 17.5. The molecule has 0 saturated carbocycles. The van der Waals surface area contributed by atoms with Crippen molar-refractivity contribution in [2.45, 2.75) is 33.9 Å². The number of hydrogen-bond donors (Lipinski definition) is 0. The van der Waals surface area contributed by atoms with E-state index in [0.29, 0.717) is 28.5 Å². The Morgan fingerprint density at radius 3 is 2.42 bits per heavy atom. The molecule has 26 heavy (non-hydrogen) atoms. The monoisotopic (exact) mass is 374 g/mol. The van der Waals surface area contributed by atoms with Crippen LogP contribution in [0.25, 0.3) is 10.2 Å². The van der Waals surface area contributed by atoms with Gasteiger partial charge in [-0.05, 0) is 26.8 Å². The lowest BCUT2D eigenvalue weighted by Crippen LogP contribution is -2.16. The molecule has 0 spiro atoms. The molecule has 0 bridgehead atoms.